The fourth-order valence-corrected chi connectivity index (χ4v) is 1.48. The molecule has 0 fully saturated rings. The molecule has 0 spiro atoms. The second-order valence-corrected chi connectivity index (χ2v) is 3.64. The molecule has 0 amide bonds. The summed E-state index contributed by atoms with van der Waals surface area (Å²) in [5.74, 6) is -1.35. The molecule has 0 saturated carbocycles. The molecule has 0 bridgehead atoms. The summed E-state index contributed by atoms with van der Waals surface area (Å²) in [5, 5.41) is 0. The van der Waals surface area contributed by atoms with Crippen LogP contribution < -0.4 is 0 Å². The van der Waals surface area contributed by atoms with Crippen molar-refractivity contribution in [2.45, 2.75) is 19.8 Å². The first-order valence-electron chi connectivity index (χ1n) is 4.90. The summed E-state index contributed by atoms with van der Waals surface area (Å²) in [6.45, 7) is 1.48. The predicted molar refractivity (Wildman–Crippen MR) is 55.0 cm³/mol. The van der Waals surface area contributed by atoms with Crippen LogP contribution in [0.1, 0.15) is 19.2 Å². The van der Waals surface area contributed by atoms with E-state index in [1.165, 1.54) is 13.0 Å². The Morgan fingerprint density at radius 2 is 2.19 bits per heavy atom. The van der Waals surface area contributed by atoms with Gasteiger partial charge in [-0.05, 0) is 19.1 Å². The summed E-state index contributed by atoms with van der Waals surface area (Å²) in [4.78, 5) is 17.5. The van der Waals surface area contributed by atoms with Crippen molar-refractivity contribution in [3.05, 3.63) is 29.6 Å². The Balaban J connectivity index is 2.36. The molecule has 1 aromatic carbocycles. The number of aryl methyl sites for hydroxylation is 1. The third-order valence-corrected chi connectivity index (χ3v) is 2.31. The first kappa shape index (κ1) is 10.7. The monoisotopic (exact) mass is 224 g/mol. The normalized spacial score (nSPS) is 10.9. The van der Waals surface area contributed by atoms with Gasteiger partial charge in [-0.15, -0.1) is 0 Å². The van der Waals surface area contributed by atoms with Crippen molar-refractivity contribution in [2.75, 3.05) is 0 Å². The van der Waals surface area contributed by atoms with Gasteiger partial charge < -0.3 is 9.78 Å². The number of aromatic amines is 1. The summed E-state index contributed by atoms with van der Waals surface area (Å²) in [6, 6.07) is 2.47. The molecule has 5 heteroatoms. The van der Waals surface area contributed by atoms with Gasteiger partial charge in [0.2, 0.25) is 0 Å². The van der Waals surface area contributed by atoms with E-state index in [0.717, 1.165) is 6.07 Å². The Morgan fingerprint density at radius 3 is 2.88 bits per heavy atom. The van der Waals surface area contributed by atoms with E-state index in [1.54, 1.807) is 0 Å². The lowest BCUT2D eigenvalue weighted by Gasteiger charge is -1.91. The second-order valence-electron chi connectivity index (χ2n) is 3.64. The lowest BCUT2D eigenvalue weighted by molar-refractivity contribution is -0.117. The number of Topliss-reactive ketones (excluding diaryl/α,β-unsaturated/α-hetero) is 1. The Morgan fingerprint density at radius 1 is 1.44 bits per heavy atom. The summed E-state index contributed by atoms with van der Waals surface area (Å²) in [6.07, 6.45) is 0.745. The van der Waals surface area contributed by atoms with Crippen molar-refractivity contribution >= 4 is 16.8 Å². The van der Waals surface area contributed by atoms with Crippen LogP contribution in [-0.2, 0) is 11.2 Å². The number of fused-ring (bicyclic) bond motifs is 1. The van der Waals surface area contributed by atoms with Crippen LogP contribution in [0.2, 0.25) is 0 Å². The molecule has 0 unspecified atom stereocenters. The Kier molecular flexibility index (Phi) is 2.68. The minimum absolute atomic E-state index is 0.0152. The minimum Gasteiger partial charge on any atom is -0.342 e. The zero-order valence-corrected chi connectivity index (χ0v) is 8.68. The van der Waals surface area contributed by atoms with Crippen LogP contribution in [0.4, 0.5) is 8.78 Å². The molecule has 3 nitrogen and oxygen atoms in total. The van der Waals surface area contributed by atoms with Gasteiger partial charge in [0.25, 0.3) is 0 Å². The minimum atomic E-state index is -0.956. The molecular formula is C11H10F2N2O. The van der Waals surface area contributed by atoms with Crippen molar-refractivity contribution in [2.24, 2.45) is 0 Å². The molecule has 0 aliphatic carbocycles. The Bertz CT molecular complexity index is 548. The smallest absolute Gasteiger partial charge is 0.186 e. The summed E-state index contributed by atoms with van der Waals surface area (Å²) < 4.78 is 26.2. The molecule has 2 aromatic rings. The third kappa shape index (κ3) is 1.93. The van der Waals surface area contributed by atoms with Gasteiger partial charge in [0, 0.05) is 12.8 Å². The maximum atomic E-state index is 13.3. The number of rotatable bonds is 3. The average molecular weight is 224 g/mol. The number of aromatic nitrogens is 2. The van der Waals surface area contributed by atoms with Gasteiger partial charge in [0.1, 0.15) is 17.1 Å². The van der Waals surface area contributed by atoms with Gasteiger partial charge in [-0.3, -0.25) is 0 Å². The predicted octanol–water partition coefficient (Wildman–Crippen LogP) is 2.36. The van der Waals surface area contributed by atoms with E-state index in [9.17, 15) is 13.6 Å². The number of nitrogens with zero attached hydrogens (tertiary/aromatic N) is 1. The summed E-state index contributed by atoms with van der Waals surface area (Å²) in [5.41, 5.74) is 0.427. The largest absolute Gasteiger partial charge is 0.342 e. The second kappa shape index (κ2) is 4.00. The molecular weight excluding hydrogens is 214 g/mol. The highest BCUT2D eigenvalue weighted by Crippen LogP contribution is 2.18. The molecule has 0 atom stereocenters. The van der Waals surface area contributed by atoms with Crippen LogP contribution in [0.3, 0.4) is 0 Å². The quantitative estimate of drug-likeness (QED) is 0.869. The van der Waals surface area contributed by atoms with Crippen molar-refractivity contribution in [3.8, 4) is 0 Å². The number of H-pyrrole nitrogens is 1. The van der Waals surface area contributed by atoms with E-state index in [-0.39, 0.29) is 11.3 Å². The molecule has 2 rings (SSSR count). The first-order chi connectivity index (χ1) is 7.58. The zero-order chi connectivity index (χ0) is 11.7. The van der Waals surface area contributed by atoms with Crippen molar-refractivity contribution < 1.29 is 13.6 Å². The number of nitrogens with one attached hydrogen (secondary N) is 1. The molecule has 0 radical (unpaired) electrons. The van der Waals surface area contributed by atoms with E-state index in [4.69, 9.17) is 0 Å². The summed E-state index contributed by atoms with van der Waals surface area (Å²) >= 11 is 0. The number of hydrogen-bond acceptors (Lipinski definition) is 2. The highest BCUT2D eigenvalue weighted by atomic mass is 19.2. The Hall–Kier alpha value is -1.78. The molecule has 0 aliphatic heterocycles. The molecule has 1 heterocycles. The van der Waals surface area contributed by atoms with Gasteiger partial charge in [0.15, 0.2) is 11.6 Å². The maximum absolute atomic E-state index is 13.3. The number of imidazole rings is 1. The van der Waals surface area contributed by atoms with Gasteiger partial charge in [-0.25, -0.2) is 13.8 Å². The van der Waals surface area contributed by atoms with E-state index >= 15 is 0 Å². The van der Waals surface area contributed by atoms with Crippen molar-refractivity contribution in [1.29, 1.82) is 0 Å². The van der Waals surface area contributed by atoms with Gasteiger partial charge in [0.05, 0.1) is 5.52 Å². The number of carbonyl (C=O) groups is 1. The van der Waals surface area contributed by atoms with Crippen molar-refractivity contribution in [3.63, 3.8) is 0 Å². The SMILES string of the molecule is CC(=O)CCc1nc2c(F)c(F)ccc2[nH]1. The van der Waals surface area contributed by atoms with Gasteiger partial charge in [-0.1, -0.05) is 0 Å². The average Bonchev–Trinajstić information content (AvgIpc) is 2.64. The number of ketones is 1. The lowest BCUT2D eigenvalue weighted by Crippen LogP contribution is -1.95. The lowest BCUT2D eigenvalue weighted by atomic mass is 10.2. The van der Waals surface area contributed by atoms with Crippen LogP contribution in [0.5, 0.6) is 0 Å². The molecule has 1 N–H and O–H groups in total. The highest BCUT2D eigenvalue weighted by molar-refractivity contribution is 5.77. The molecule has 0 saturated heterocycles. The standard InChI is InChI=1S/C11H10F2N2O/c1-6(16)2-5-9-14-8-4-3-7(12)10(13)11(8)15-9/h3-4H,2,5H2,1H3,(H,14,15). The first-order valence-corrected chi connectivity index (χ1v) is 4.90. The highest BCUT2D eigenvalue weighted by Gasteiger charge is 2.11. The number of carbonyl (C=O) groups excluding carboxylic acids is 1. The fourth-order valence-electron chi connectivity index (χ4n) is 1.48. The molecule has 84 valence electrons. The van der Waals surface area contributed by atoms with Crippen LogP contribution in [0.15, 0.2) is 12.1 Å². The van der Waals surface area contributed by atoms with E-state index in [1.807, 2.05) is 0 Å². The van der Waals surface area contributed by atoms with Gasteiger partial charge in [-0.2, -0.15) is 0 Å². The topological polar surface area (TPSA) is 45.8 Å². The van der Waals surface area contributed by atoms with E-state index in [2.05, 4.69) is 9.97 Å². The van der Waals surface area contributed by atoms with E-state index < -0.39 is 11.6 Å². The van der Waals surface area contributed by atoms with Crippen LogP contribution in [0, 0.1) is 11.6 Å². The summed E-state index contributed by atoms with van der Waals surface area (Å²) in [7, 11) is 0. The van der Waals surface area contributed by atoms with Crippen LogP contribution in [0.25, 0.3) is 11.0 Å². The molecule has 16 heavy (non-hydrogen) atoms. The zero-order valence-electron chi connectivity index (χ0n) is 8.68. The number of benzene rings is 1. The van der Waals surface area contributed by atoms with E-state index in [0.29, 0.717) is 24.2 Å². The van der Waals surface area contributed by atoms with Crippen molar-refractivity contribution in [1.82, 2.24) is 9.97 Å². The molecule has 1 aromatic heterocycles. The molecule has 0 aliphatic rings. The third-order valence-electron chi connectivity index (χ3n) is 2.31. The Labute approximate surface area is 90.5 Å². The fraction of sp³-hybridized carbons (Fsp3) is 0.273. The number of hydrogen-bond donors (Lipinski definition) is 1. The number of halogens is 2. The maximum Gasteiger partial charge on any atom is 0.186 e. The van der Waals surface area contributed by atoms with Crippen LogP contribution in [-0.4, -0.2) is 15.8 Å². The van der Waals surface area contributed by atoms with Crippen LogP contribution >= 0.6 is 0 Å². The van der Waals surface area contributed by atoms with Gasteiger partial charge >= 0.3 is 0 Å².